The van der Waals surface area contributed by atoms with E-state index in [2.05, 4.69) is 49.4 Å². The fourth-order valence-electron chi connectivity index (χ4n) is 3.76. The minimum absolute atomic E-state index is 0.232. The summed E-state index contributed by atoms with van der Waals surface area (Å²) in [6, 6.07) is 12.6. The molecule has 5 rings (SSSR count). The lowest BCUT2D eigenvalue weighted by Gasteiger charge is -2.34. The van der Waals surface area contributed by atoms with Crippen LogP contribution in [0.4, 0.5) is 0 Å². The minimum atomic E-state index is 0.232. The van der Waals surface area contributed by atoms with E-state index in [0.717, 1.165) is 35.8 Å². The number of allylic oxidation sites excluding steroid dienone is 4. The highest BCUT2D eigenvalue weighted by atomic mass is 16.5. The Labute approximate surface area is 130 Å². The van der Waals surface area contributed by atoms with E-state index >= 15 is 0 Å². The van der Waals surface area contributed by atoms with E-state index < -0.39 is 0 Å². The Morgan fingerprint density at radius 1 is 1.00 bits per heavy atom. The minimum Gasteiger partial charge on any atom is -0.463 e. The third kappa shape index (κ3) is 1.57. The molecule has 0 amide bonds. The molecule has 0 radical (unpaired) electrons. The van der Waals surface area contributed by atoms with E-state index in [1.54, 1.807) is 0 Å². The number of para-hydroxylation sites is 1. The summed E-state index contributed by atoms with van der Waals surface area (Å²) in [6.45, 7) is 2.32. The van der Waals surface area contributed by atoms with Gasteiger partial charge in [-0.3, -0.25) is 0 Å². The van der Waals surface area contributed by atoms with Crippen LogP contribution in [-0.4, -0.2) is 6.71 Å². The van der Waals surface area contributed by atoms with Crippen LogP contribution in [0.5, 0.6) is 17.2 Å². The molecule has 3 heteroatoms. The van der Waals surface area contributed by atoms with Crippen molar-refractivity contribution in [3.8, 4) is 17.2 Å². The predicted octanol–water partition coefficient (Wildman–Crippen LogP) is 3.25. The van der Waals surface area contributed by atoms with Gasteiger partial charge in [0.1, 0.15) is 17.2 Å². The lowest BCUT2D eigenvalue weighted by atomic mass is 9.34. The van der Waals surface area contributed by atoms with Gasteiger partial charge < -0.3 is 9.47 Å². The Morgan fingerprint density at radius 2 is 1.82 bits per heavy atom. The number of hydrogen-bond acceptors (Lipinski definition) is 2. The maximum absolute atomic E-state index is 6.23. The van der Waals surface area contributed by atoms with Crippen LogP contribution in [0.25, 0.3) is 0 Å². The average molecular weight is 286 g/mol. The summed E-state index contributed by atoms with van der Waals surface area (Å²) in [6.07, 6.45) is 6.52. The molecule has 0 N–H and O–H groups in total. The first kappa shape index (κ1) is 12.2. The van der Waals surface area contributed by atoms with Crippen molar-refractivity contribution < 1.29 is 9.47 Å². The molecule has 2 heterocycles. The first-order valence-electron chi connectivity index (χ1n) is 7.80. The van der Waals surface area contributed by atoms with Crippen molar-refractivity contribution in [3.63, 3.8) is 0 Å². The lowest BCUT2D eigenvalue weighted by molar-refractivity contribution is 0.395. The fraction of sp³-hybridized carbons (Fsp3) is 0.158. The van der Waals surface area contributed by atoms with Gasteiger partial charge in [0.05, 0.1) is 5.76 Å². The second-order valence-corrected chi connectivity index (χ2v) is 6.17. The summed E-state index contributed by atoms with van der Waals surface area (Å²) in [5.41, 5.74) is 4.87. The lowest BCUT2D eigenvalue weighted by Crippen LogP contribution is -2.51. The summed E-state index contributed by atoms with van der Waals surface area (Å²) in [4.78, 5) is 0. The molecule has 3 aliphatic rings. The summed E-state index contributed by atoms with van der Waals surface area (Å²) < 4.78 is 12.4. The van der Waals surface area contributed by atoms with Crippen LogP contribution in [0.15, 0.2) is 59.8 Å². The van der Waals surface area contributed by atoms with Crippen molar-refractivity contribution in [2.45, 2.75) is 19.8 Å². The van der Waals surface area contributed by atoms with Gasteiger partial charge in [-0.05, 0) is 48.0 Å². The third-order valence-electron chi connectivity index (χ3n) is 4.69. The molecule has 2 aliphatic heterocycles. The Balaban J connectivity index is 1.84. The van der Waals surface area contributed by atoms with Crippen LogP contribution in [0.1, 0.15) is 18.4 Å². The summed E-state index contributed by atoms with van der Waals surface area (Å²) in [5.74, 6) is 3.98. The fourth-order valence-corrected chi connectivity index (χ4v) is 3.76. The highest BCUT2D eigenvalue weighted by molar-refractivity contribution is 6.93. The zero-order valence-electron chi connectivity index (χ0n) is 12.4. The quantitative estimate of drug-likeness (QED) is 0.692. The van der Waals surface area contributed by atoms with E-state index in [1.165, 1.54) is 22.0 Å². The van der Waals surface area contributed by atoms with Crippen LogP contribution in [0.3, 0.4) is 0 Å². The molecule has 2 nitrogen and oxygen atoms in total. The van der Waals surface area contributed by atoms with Crippen LogP contribution >= 0.6 is 0 Å². The normalized spacial score (nSPS) is 17.2. The van der Waals surface area contributed by atoms with Crippen LogP contribution < -0.4 is 20.4 Å². The second kappa shape index (κ2) is 4.29. The van der Waals surface area contributed by atoms with Crippen molar-refractivity contribution in [1.29, 1.82) is 0 Å². The smallest absolute Gasteiger partial charge is 0.260 e. The molecular weight excluding hydrogens is 271 g/mol. The van der Waals surface area contributed by atoms with Gasteiger partial charge in [-0.1, -0.05) is 30.4 Å². The van der Waals surface area contributed by atoms with Gasteiger partial charge in [0.15, 0.2) is 0 Å². The number of ether oxygens (including phenoxy) is 2. The molecular formula is C19H15BO2. The van der Waals surface area contributed by atoms with Crippen LogP contribution in [0.2, 0.25) is 0 Å². The monoisotopic (exact) mass is 286 g/mol. The Kier molecular flexibility index (Phi) is 2.37. The zero-order chi connectivity index (χ0) is 14.7. The van der Waals surface area contributed by atoms with Crippen molar-refractivity contribution in [2.24, 2.45) is 0 Å². The molecule has 2 aromatic rings. The molecule has 0 saturated heterocycles. The van der Waals surface area contributed by atoms with Crippen molar-refractivity contribution in [1.82, 2.24) is 0 Å². The molecule has 1 aliphatic carbocycles. The van der Waals surface area contributed by atoms with E-state index in [0.29, 0.717) is 0 Å². The highest BCUT2D eigenvalue weighted by Gasteiger charge is 2.40. The molecule has 0 unspecified atom stereocenters. The molecule has 0 bridgehead atoms. The zero-order valence-corrected chi connectivity index (χ0v) is 12.4. The van der Waals surface area contributed by atoms with Crippen LogP contribution in [-0.2, 0) is 0 Å². The summed E-state index contributed by atoms with van der Waals surface area (Å²) in [7, 11) is 0. The Morgan fingerprint density at radius 3 is 2.73 bits per heavy atom. The number of hydrogen-bond donors (Lipinski definition) is 0. The van der Waals surface area contributed by atoms with Gasteiger partial charge in [-0.15, -0.1) is 0 Å². The Hall–Kier alpha value is -2.42. The standard InChI is InChI=1S/C19H15BO2/c1-12-10-17-19-18(11-12)22-16-9-5-3-7-14(16)20(19)13-6-2-4-8-15(13)21-17/h2-4,6-8,10-11H,5,9H2,1H3. The first-order chi connectivity index (χ1) is 10.8. The molecule has 0 saturated carbocycles. The molecule has 106 valence electrons. The highest BCUT2D eigenvalue weighted by Crippen LogP contribution is 2.37. The number of fused-ring (bicyclic) bond motifs is 3. The molecule has 0 aromatic heterocycles. The molecule has 0 spiro atoms. The van der Waals surface area contributed by atoms with Crippen molar-refractivity contribution in [2.75, 3.05) is 0 Å². The SMILES string of the molecule is Cc1cc2c3c(c1)Oc1ccccc1B3C1=C(CCC=C1)O2. The van der Waals surface area contributed by atoms with E-state index in [1.807, 2.05) is 6.07 Å². The maximum Gasteiger partial charge on any atom is 0.260 e. The number of rotatable bonds is 0. The summed E-state index contributed by atoms with van der Waals surface area (Å²) >= 11 is 0. The van der Waals surface area contributed by atoms with Gasteiger partial charge in [0, 0.05) is 11.9 Å². The van der Waals surface area contributed by atoms with E-state index in [4.69, 9.17) is 9.47 Å². The second-order valence-electron chi connectivity index (χ2n) is 6.17. The van der Waals surface area contributed by atoms with Gasteiger partial charge in [-0.2, -0.15) is 0 Å². The van der Waals surface area contributed by atoms with Crippen molar-refractivity contribution >= 4 is 17.6 Å². The summed E-state index contributed by atoms with van der Waals surface area (Å²) in [5, 5.41) is 0. The number of aryl methyl sites for hydroxylation is 1. The predicted molar refractivity (Wildman–Crippen MR) is 88.7 cm³/mol. The third-order valence-corrected chi connectivity index (χ3v) is 4.69. The molecule has 0 fully saturated rings. The van der Waals surface area contributed by atoms with Gasteiger partial charge in [-0.25, -0.2) is 0 Å². The van der Waals surface area contributed by atoms with Gasteiger partial charge in [0.2, 0.25) is 0 Å². The molecule has 2 aromatic carbocycles. The van der Waals surface area contributed by atoms with E-state index in [9.17, 15) is 0 Å². The van der Waals surface area contributed by atoms with Gasteiger partial charge >= 0.3 is 0 Å². The molecule has 22 heavy (non-hydrogen) atoms. The van der Waals surface area contributed by atoms with Crippen molar-refractivity contribution in [3.05, 3.63) is 65.3 Å². The first-order valence-corrected chi connectivity index (χ1v) is 7.80. The van der Waals surface area contributed by atoms with Crippen LogP contribution in [0, 0.1) is 6.92 Å². The maximum atomic E-state index is 6.23. The largest absolute Gasteiger partial charge is 0.463 e. The van der Waals surface area contributed by atoms with Gasteiger partial charge in [0.25, 0.3) is 6.71 Å². The molecule has 0 atom stereocenters. The topological polar surface area (TPSA) is 18.5 Å². The average Bonchev–Trinajstić information content (AvgIpc) is 2.54. The number of benzene rings is 2. The Bertz CT molecular complexity index is 864. The van der Waals surface area contributed by atoms with E-state index in [-0.39, 0.29) is 6.71 Å².